The molecule has 0 aromatic heterocycles. The SMILES string of the molecule is CCOCCCNC(=O)CCOc1ccc(Cl)cc1. The largest absolute Gasteiger partial charge is 0.493 e. The average Bonchev–Trinajstić information content (AvgIpc) is 2.41. The summed E-state index contributed by atoms with van der Waals surface area (Å²) in [5, 5.41) is 3.48. The number of carbonyl (C=O) groups is 1. The van der Waals surface area contributed by atoms with Crippen LogP contribution in [0.15, 0.2) is 24.3 Å². The molecule has 0 spiro atoms. The lowest BCUT2D eigenvalue weighted by Crippen LogP contribution is -2.26. The molecule has 1 N–H and O–H groups in total. The molecular weight excluding hydrogens is 266 g/mol. The molecular formula is C14H20ClNO3. The van der Waals surface area contributed by atoms with E-state index in [1.165, 1.54) is 0 Å². The van der Waals surface area contributed by atoms with Crippen LogP contribution in [-0.2, 0) is 9.53 Å². The molecule has 0 aliphatic rings. The van der Waals surface area contributed by atoms with E-state index in [-0.39, 0.29) is 5.91 Å². The summed E-state index contributed by atoms with van der Waals surface area (Å²) in [6.45, 7) is 4.34. The van der Waals surface area contributed by atoms with Crippen LogP contribution >= 0.6 is 11.6 Å². The first-order chi connectivity index (χ1) is 9.22. The van der Waals surface area contributed by atoms with Crippen LogP contribution in [0.4, 0.5) is 0 Å². The summed E-state index contributed by atoms with van der Waals surface area (Å²) in [6, 6.07) is 7.07. The summed E-state index contributed by atoms with van der Waals surface area (Å²) < 4.78 is 10.6. The van der Waals surface area contributed by atoms with Gasteiger partial charge >= 0.3 is 0 Å². The molecule has 106 valence electrons. The third kappa shape index (κ3) is 7.70. The highest BCUT2D eigenvalue weighted by atomic mass is 35.5. The molecule has 0 saturated heterocycles. The van der Waals surface area contributed by atoms with E-state index < -0.39 is 0 Å². The second-order valence-corrected chi connectivity index (χ2v) is 4.39. The molecule has 0 unspecified atom stereocenters. The minimum absolute atomic E-state index is 0.00883. The van der Waals surface area contributed by atoms with Crippen LogP contribution in [-0.4, -0.2) is 32.3 Å². The monoisotopic (exact) mass is 285 g/mol. The van der Waals surface area contributed by atoms with Crippen molar-refractivity contribution in [2.24, 2.45) is 0 Å². The maximum absolute atomic E-state index is 11.5. The molecule has 0 atom stereocenters. The van der Waals surface area contributed by atoms with E-state index in [1.54, 1.807) is 24.3 Å². The zero-order chi connectivity index (χ0) is 13.9. The van der Waals surface area contributed by atoms with Crippen molar-refractivity contribution in [3.63, 3.8) is 0 Å². The van der Waals surface area contributed by atoms with Crippen molar-refractivity contribution >= 4 is 17.5 Å². The van der Waals surface area contributed by atoms with Crippen LogP contribution in [0.2, 0.25) is 5.02 Å². The normalized spacial score (nSPS) is 10.2. The van der Waals surface area contributed by atoms with Gasteiger partial charge in [0.2, 0.25) is 5.91 Å². The molecule has 1 aromatic carbocycles. The van der Waals surface area contributed by atoms with Gasteiger partial charge in [-0.3, -0.25) is 4.79 Å². The third-order valence-corrected chi connectivity index (χ3v) is 2.66. The first kappa shape index (κ1) is 15.8. The van der Waals surface area contributed by atoms with E-state index in [1.807, 2.05) is 6.92 Å². The lowest BCUT2D eigenvalue weighted by atomic mass is 10.3. The van der Waals surface area contributed by atoms with Gasteiger partial charge in [-0.1, -0.05) is 11.6 Å². The molecule has 4 nitrogen and oxygen atoms in total. The zero-order valence-electron chi connectivity index (χ0n) is 11.2. The van der Waals surface area contributed by atoms with Crippen LogP contribution in [0.5, 0.6) is 5.75 Å². The average molecular weight is 286 g/mol. The Kier molecular flexibility index (Phi) is 8.02. The summed E-state index contributed by atoms with van der Waals surface area (Å²) in [4.78, 5) is 11.5. The first-order valence-corrected chi connectivity index (χ1v) is 6.83. The zero-order valence-corrected chi connectivity index (χ0v) is 11.9. The van der Waals surface area contributed by atoms with E-state index in [2.05, 4.69) is 5.32 Å². The van der Waals surface area contributed by atoms with Crippen LogP contribution < -0.4 is 10.1 Å². The van der Waals surface area contributed by atoms with Gasteiger partial charge in [0.1, 0.15) is 5.75 Å². The summed E-state index contributed by atoms with van der Waals surface area (Å²) >= 11 is 5.76. The van der Waals surface area contributed by atoms with E-state index in [0.29, 0.717) is 43.6 Å². The molecule has 1 amide bonds. The molecule has 5 heteroatoms. The van der Waals surface area contributed by atoms with Gasteiger partial charge in [-0.2, -0.15) is 0 Å². The van der Waals surface area contributed by atoms with Gasteiger partial charge < -0.3 is 14.8 Å². The third-order valence-electron chi connectivity index (χ3n) is 2.40. The summed E-state index contributed by atoms with van der Waals surface area (Å²) in [7, 11) is 0. The highest BCUT2D eigenvalue weighted by Gasteiger charge is 2.01. The molecule has 0 radical (unpaired) electrons. The fourth-order valence-corrected chi connectivity index (χ4v) is 1.55. The highest BCUT2D eigenvalue weighted by Crippen LogP contribution is 2.15. The van der Waals surface area contributed by atoms with Gasteiger partial charge in [-0.15, -0.1) is 0 Å². The van der Waals surface area contributed by atoms with Gasteiger partial charge in [-0.05, 0) is 37.6 Å². The second-order valence-electron chi connectivity index (χ2n) is 3.95. The van der Waals surface area contributed by atoms with Gasteiger partial charge in [-0.25, -0.2) is 0 Å². The summed E-state index contributed by atoms with van der Waals surface area (Å²) in [5.74, 6) is 0.707. The number of ether oxygens (including phenoxy) is 2. The van der Waals surface area contributed by atoms with Crippen LogP contribution in [0, 0.1) is 0 Å². The van der Waals surface area contributed by atoms with Gasteiger partial charge in [0.05, 0.1) is 13.0 Å². The molecule has 1 rings (SSSR count). The van der Waals surface area contributed by atoms with E-state index in [4.69, 9.17) is 21.1 Å². The predicted octanol–water partition coefficient (Wildman–Crippen LogP) is 2.65. The topological polar surface area (TPSA) is 47.6 Å². The molecule has 0 bridgehead atoms. The van der Waals surface area contributed by atoms with Crippen molar-refractivity contribution in [1.29, 1.82) is 0 Å². The standard InChI is InChI=1S/C14H20ClNO3/c1-2-18-10-3-9-16-14(17)8-11-19-13-6-4-12(15)5-7-13/h4-7H,2-3,8-11H2,1H3,(H,16,17). The van der Waals surface area contributed by atoms with Crippen molar-refractivity contribution in [1.82, 2.24) is 5.32 Å². The van der Waals surface area contributed by atoms with Gasteiger partial charge in [0, 0.05) is 24.8 Å². The number of nitrogens with one attached hydrogen (secondary N) is 1. The Morgan fingerprint density at radius 1 is 1.26 bits per heavy atom. The molecule has 0 saturated carbocycles. The predicted molar refractivity (Wildman–Crippen MR) is 75.7 cm³/mol. The second kappa shape index (κ2) is 9.64. The number of amides is 1. The minimum atomic E-state index is -0.00883. The fourth-order valence-electron chi connectivity index (χ4n) is 1.43. The van der Waals surface area contributed by atoms with Crippen molar-refractivity contribution in [3.8, 4) is 5.75 Å². The minimum Gasteiger partial charge on any atom is -0.493 e. The Balaban J connectivity index is 2.05. The number of rotatable bonds is 9. The Hall–Kier alpha value is -1.26. The number of hydrogen-bond donors (Lipinski definition) is 1. The Morgan fingerprint density at radius 2 is 2.00 bits per heavy atom. The Morgan fingerprint density at radius 3 is 2.68 bits per heavy atom. The van der Waals surface area contributed by atoms with Crippen LogP contribution in [0.1, 0.15) is 19.8 Å². The maximum atomic E-state index is 11.5. The van der Waals surface area contributed by atoms with Gasteiger partial charge in [0.25, 0.3) is 0 Å². The Labute approximate surface area is 119 Å². The lowest BCUT2D eigenvalue weighted by molar-refractivity contribution is -0.121. The maximum Gasteiger partial charge on any atom is 0.223 e. The quantitative estimate of drug-likeness (QED) is 0.710. The first-order valence-electron chi connectivity index (χ1n) is 6.45. The number of benzene rings is 1. The Bertz CT molecular complexity index is 367. The summed E-state index contributed by atoms with van der Waals surface area (Å²) in [5.41, 5.74) is 0. The van der Waals surface area contributed by atoms with E-state index >= 15 is 0 Å². The lowest BCUT2D eigenvalue weighted by Gasteiger charge is -2.07. The van der Waals surface area contributed by atoms with Crippen LogP contribution in [0.3, 0.4) is 0 Å². The summed E-state index contributed by atoms with van der Waals surface area (Å²) in [6.07, 6.45) is 1.18. The highest BCUT2D eigenvalue weighted by molar-refractivity contribution is 6.30. The molecule has 0 aliphatic heterocycles. The van der Waals surface area contributed by atoms with E-state index in [9.17, 15) is 4.79 Å². The number of halogens is 1. The molecule has 19 heavy (non-hydrogen) atoms. The fraction of sp³-hybridized carbons (Fsp3) is 0.500. The van der Waals surface area contributed by atoms with Crippen molar-refractivity contribution in [2.45, 2.75) is 19.8 Å². The van der Waals surface area contributed by atoms with Crippen molar-refractivity contribution < 1.29 is 14.3 Å². The van der Waals surface area contributed by atoms with Crippen molar-refractivity contribution in [3.05, 3.63) is 29.3 Å². The number of carbonyl (C=O) groups excluding carboxylic acids is 1. The molecule has 0 fully saturated rings. The van der Waals surface area contributed by atoms with Crippen LogP contribution in [0.25, 0.3) is 0 Å². The van der Waals surface area contributed by atoms with Crippen molar-refractivity contribution in [2.75, 3.05) is 26.4 Å². The smallest absolute Gasteiger partial charge is 0.223 e. The molecule has 0 heterocycles. The molecule has 1 aromatic rings. The molecule has 0 aliphatic carbocycles. The number of hydrogen-bond acceptors (Lipinski definition) is 3. The van der Waals surface area contributed by atoms with Gasteiger partial charge in [0.15, 0.2) is 0 Å². The van der Waals surface area contributed by atoms with E-state index in [0.717, 1.165) is 6.42 Å².